The number of nitrogens with zero attached hydrogens (tertiary/aromatic N) is 1. The van der Waals surface area contributed by atoms with Gasteiger partial charge in [0.15, 0.2) is 0 Å². The molecule has 1 atom stereocenters. The summed E-state index contributed by atoms with van der Waals surface area (Å²) < 4.78 is 0. The molecule has 1 aliphatic rings. The molecule has 0 aromatic rings. The summed E-state index contributed by atoms with van der Waals surface area (Å²) in [5, 5.41) is 3.26. The predicted molar refractivity (Wildman–Crippen MR) is 47.5 cm³/mol. The summed E-state index contributed by atoms with van der Waals surface area (Å²) in [7, 11) is 0. The van der Waals surface area contributed by atoms with Crippen LogP contribution in [-0.4, -0.2) is 36.5 Å². The van der Waals surface area contributed by atoms with E-state index in [4.69, 9.17) is 6.42 Å². The molecule has 0 spiro atoms. The molecular formula is C9H14N2O. The molecule has 3 nitrogen and oxygen atoms in total. The van der Waals surface area contributed by atoms with Gasteiger partial charge < -0.3 is 10.2 Å². The summed E-state index contributed by atoms with van der Waals surface area (Å²) in [6, 6.07) is 0.389. The Morgan fingerprint density at radius 2 is 2.58 bits per heavy atom. The molecule has 1 heterocycles. The Morgan fingerprint density at radius 1 is 1.83 bits per heavy atom. The van der Waals surface area contributed by atoms with Crippen molar-refractivity contribution in [1.82, 2.24) is 10.2 Å². The first kappa shape index (κ1) is 9.08. The average molecular weight is 166 g/mol. The largest absolute Gasteiger partial charge is 0.339 e. The van der Waals surface area contributed by atoms with E-state index in [1.807, 2.05) is 4.90 Å². The van der Waals surface area contributed by atoms with E-state index < -0.39 is 0 Å². The molecule has 0 aliphatic carbocycles. The molecule has 1 fully saturated rings. The van der Waals surface area contributed by atoms with E-state index in [9.17, 15) is 4.79 Å². The van der Waals surface area contributed by atoms with E-state index in [2.05, 4.69) is 18.2 Å². The number of carbonyl (C=O) groups is 1. The van der Waals surface area contributed by atoms with E-state index in [1.165, 1.54) is 0 Å². The van der Waals surface area contributed by atoms with Crippen molar-refractivity contribution < 1.29 is 4.79 Å². The molecule has 12 heavy (non-hydrogen) atoms. The van der Waals surface area contributed by atoms with Crippen LogP contribution in [0.3, 0.4) is 0 Å². The fraction of sp³-hybridized carbons (Fsp3) is 0.667. The molecule has 1 amide bonds. The number of rotatable bonds is 1. The quantitative estimate of drug-likeness (QED) is 0.548. The second-order valence-electron chi connectivity index (χ2n) is 3.08. The highest BCUT2D eigenvalue weighted by Gasteiger charge is 2.18. The smallest absolute Gasteiger partial charge is 0.234 e. The van der Waals surface area contributed by atoms with Crippen molar-refractivity contribution in [3.63, 3.8) is 0 Å². The van der Waals surface area contributed by atoms with Crippen LogP contribution in [0.1, 0.15) is 13.3 Å². The molecule has 0 aromatic heterocycles. The molecule has 0 aromatic carbocycles. The molecule has 1 N–H and O–H groups in total. The predicted octanol–water partition coefficient (Wildman–Crippen LogP) is -0.170. The van der Waals surface area contributed by atoms with Crippen LogP contribution in [0.4, 0.5) is 0 Å². The van der Waals surface area contributed by atoms with Gasteiger partial charge in [0.05, 0.1) is 6.42 Å². The fourth-order valence-electron chi connectivity index (χ4n) is 1.36. The Kier molecular flexibility index (Phi) is 3.12. The SMILES string of the molecule is C#CCC(=O)N1CCNC(C)C1. The van der Waals surface area contributed by atoms with Crippen LogP contribution in [0.2, 0.25) is 0 Å². The molecule has 1 unspecified atom stereocenters. The minimum atomic E-state index is 0.0749. The third kappa shape index (κ3) is 2.24. The van der Waals surface area contributed by atoms with Crippen molar-refractivity contribution in [2.45, 2.75) is 19.4 Å². The number of amides is 1. The topological polar surface area (TPSA) is 32.3 Å². The van der Waals surface area contributed by atoms with Crippen LogP contribution in [0.5, 0.6) is 0 Å². The van der Waals surface area contributed by atoms with Gasteiger partial charge in [-0.25, -0.2) is 0 Å². The molecule has 0 radical (unpaired) electrons. The zero-order chi connectivity index (χ0) is 8.97. The summed E-state index contributed by atoms with van der Waals surface area (Å²) in [5.41, 5.74) is 0. The highest BCUT2D eigenvalue weighted by molar-refractivity contribution is 5.78. The number of hydrogen-bond donors (Lipinski definition) is 1. The first-order valence-electron chi connectivity index (χ1n) is 4.18. The molecule has 1 saturated heterocycles. The van der Waals surface area contributed by atoms with Crippen molar-refractivity contribution in [3.05, 3.63) is 0 Å². The number of hydrogen-bond acceptors (Lipinski definition) is 2. The number of terminal acetylenes is 1. The van der Waals surface area contributed by atoms with Gasteiger partial charge in [-0.2, -0.15) is 0 Å². The summed E-state index contributed by atoms with van der Waals surface area (Å²) in [6.07, 6.45) is 5.29. The number of piperazine rings is 1. The van der Waals surface area contributed by atoms with Crippen molar-refractivity contribution in [1.29, 1.82) is 0 Å². The molecular weight excluding hydrogens is 152 g/mol. The lowest BCUT2D eigenvalue weighted by Gasteiger charge is -2.31. The summed E-state index contributed by atoms with van der Waals surface area (Å²) >= 11 is 0. The van der Waals surface area contributed by atoms with Crippen molar-refractivity contribution in [2.75, 3.05) is 19.6 Å². The second kappa shape index (κ2) is 4.13. The van der Waals surface area contributed by atoms with Crippen molar-refractivity contribution in [2.24, 2.45) is 0 Å². The fourth-order valence-corrected chi connectivity index (χ4v) is 1.36. The Morgan fingerprint density at radius 3 is 3.17 bits per heavy atom. The van der Waals surface area contributed by atoms with Gasteiger partial charge in [-0.1, -0.05) is 5.92 Å². The summed E-state index contributed by atoms with van der Waals surface area (Å²) in [6.45, 7) is 4.50. The number of nitrogens with one attached hydrogen (secondary N) is 1. The monoisotopic (exact) mass is 166 g/mol. The van der Waals surface area contributed by atoms with Crippen molar-refractivity contribution in [3.8, 4) is 12.3 Å². The first-order valence-corrected chi connectivity index (χ1v) is 4.18. The van der Waals surface area contributed by atoms with E-state index in [-0.39, 0.29) is 12.3 Å². The van der Waals surface area contributed by atoms with Gasteiger partial charge in [0.25, 0.3) is 0 Å². The lowest BCUT2D eigenvalue weighted by molar-refractivity contribution is -0.131. The van der Waals surface area contributed by atoms with Gasteiger partial charge in [-0.05, 0) is 6.92 Å². The van der Waals surface area contributed by atoms with E-state index in [0.717, 1.165) is 19.6 Å². The first-order chi connectivity index (χ1) is 5.74. The standard InChI is InChI=1S/C9H14N2O/c1-3-4-9(12)11-6-5-10-8(2)7-11/h1,8,10H,4-7H2,2H3. The molecule has 3 heteroatoms. The van der Waals surface area contributed by atoms with Gasteiger partial charge >= 0.3 is 0 Å². The Bertz CT molecular complexity index is 207. The van der Waals surface area contributed by atoms with Crippen LogP contribution in [0.15, 0.2) is 0 Å². The maximum atomic E-state index is 11.3. The zero-order valence-corrected chi connectivity index (χ0v) is 7.34. The molecule has 0 saturated carbocycles. The second-order valence-corrected chi connectivity index (χ2v) is 3.08. The van der Waals surface area contributed by atoms with Gasteiger partial charge in [0, 0.05) is 25.7 Å². The van der Waals surface area contributed by atoms with Gasteiger partial charge in [-0.15, -0.1) is 6.42 Å². The van der Waals surface area contributed by atoms with Crippen LogP contribution < -0.4 is 5.32 Å². The van der Waals surface area contributed by atoms with Crippen LogP contribution >= 0.6 is 0 Å². The Hall–Kier alpha value is -1.01. The van der Waals surface area contributed by atoms with Gasteiger partial charge in [-0.3, -0.25) is 4.79 Å². The van der Waals surface area contributed by atoms with Gasteiger partial charge in [0.1, 0.15) is 0 Å². The van der Waals surface area contributed by atoms with Crippen LogP contribution in [-0.2, 0) is 4.79 Å². The van der Waals surface area contributed by atoms with Crippen molar-refractivity contribution >= 4 is 5.91 Å². The van der Waals surface area contributed by atoms with E-state index >= 15 is 0 Å². The molecule has 0 bridgehead atoms. The highest BCUT2D eigenvalue weighted by atomic mass is 16.2. The van der Waals surface area contributed by atoms with E-state index in [0.29, 0.717) is 6.04 Å². The minimum Gasteiger partial charge on any atom is -0.339 e. The Balaban J connectivity index is 2.41. The highest BCUT2D eigenvalue weighted by Crippen LogP contribution is 2.00. The molecule has 1 rings (SSSR count). The zero-order valence-electron chi connectivity index (χ0n) is 7.34. The third-order valence-corrected chi connectivity index (χ3v) is 1.97. The lowest BCUT2D eigenvalue weighted by atomic mass is 10.2. The molecule has 1 aliphatic heterocycles. The number of carbonyl (C=O) groups excluding carboxylic acids is 1. The van der Waals surface area contributed by atoms with Crippen LogP contribution in [0.25, 0.3) is 0 Å². The summed E-state index contributed by atoms with van der Waals surface area (Å²) in [4.78, 5) is 13.1. The third-order valence-electron chi connectivity index (χ3n) is 1.97. The van der Waals surface area contributed by atoms with Crippen LogP contribution in [0, 0.1) is 12.3 Å². The molecule has 66 valence electrons. The minimum absolute atomic E-state index is 0.0749. The lowest BCUT2D eigenvalue weighted by Crippen LogP contribution is -2.51. The maximum absolute atomic E-state index is 11.3. The normalized spacial score (nSPS) is 23.3. The van der Waals surface area contributed by atoms with Gasteiger partial charge in [0.2, 0.25) is 5.91 Å². The van der Waals surface area contributed by atoms with E-state index in [1.54, 1.807) is 0 Å². The Labute approximate surface area is 73.1 Å². The average Bonchev–Trinajstić information content (AvgIpc) is 2.05. The summed E-state index contributed by atoms with van der Waals surface area (Å²) in [5.74, 6) is 2.44. The maximum Gasteiger partial charge on any atom is 0.234 e.